The molecule has 1 rings (SSSR count). The van der Waals surface area contributed by atoms with Crippen LogP contribution in [0.3, 0.4) is 0 Å². The molecule has 98 valence electrons. The van der Waals surface area contributed by atoms with E-state index in [1.807, 2.05) is 29.2 Å². The zero-order chi connectivity index (χ0) is 12.5. The van der Waals surface area contributed by atoms with Crippen molar-refractivity contribution in [1.29, 1.82) is 0 Å². The van der Waals surface area contributed by atoms with Gasteiger partial charge >= 0.3 is 0 Å². The molecule has 1 heterocycles. The fourth-order valence-corrected chi connectivity index (χ4v) is 1.52. The molecule has 1 aromatic heterocycles. The summed E-state index contributed by atoms with van der Waals surface area (Å²) in [5.41, 5.74) is 3.07. The van der Waals surface area contributed by atoms with Gasteiger partial charge in [0.15, 0.2) is 0 Å². The lowest BCUT2D eigenvalue weighted by Gasteiger charge is -2.14. The maximum atomic E-state index is 9.66. The Morgan fingerprint density at radius 3 is 2.65 bits per heavy atom. The molecule has 0 aliphatic rings. The number of aliphatic hydroxyl groups excluding tert-OH is 1. The van der Waals surface area contributed by atoms with Crippen molar-refractivity contribution in [3.05, 3.63) is 24.5 Å². The van der Waals surface area contributed by atoms with E-state index in [1.165, 1.54) is 6.42 Å². The van der Waals surface area contributed by atoms with Crippen molar-refractivity contribution in [2.45, 2.75) is 32.8 Å². The van der Waals surface area contributed by atoms with Crippen LogP contribution in [0.1, 0.15) is 26.7 Å². The fourth-order valence-electron chi connectivity index (χ4n) is 1.52. The average Bonchev–Trinajstić information content (AvgIpc) is 2.78. The molecular weight excluding hydrogens is 216 g/mol. The maximum absolute atomic E-state index is 9.66. The van der Waals surface area contributed by atoms with Crippen LogP contribution in [-0.2, 0) is 4.74 Å². The van der Waals surface area contributed by atoms with Gasteiger partial charge in [0.2, 0.25) is 0 Å². The van der Waals surface area contributed by atoms with Crippen molar-refractivity contribution in [2.75, 3.05) is 25.2 Å². The fraction of sp³-hybridized carbons (Fsp3) is 0.692. The molecule has 0 aliphatic heterocycles. The highest BCUT2D eigenvalue weighted by molar-refractivity contribution is 4.93. The van der Waals surface area contributed by atoms with E-state index in [9.17, 15) is 5.11 Å². The molecule has 17 heavy (non-hydrogen) atoms. The third-order valence-electron chi connectivity index (χ3n) is 2.49. The van der Waals surface area contributed by atoms with Crippen LogP contribution >= 0.6 is 0 Å². The van der Waals surface area contributed by atoms with Gasteiger partial charge in [-0.15, -0.1) is 0 Å². The number of hydrogen-bond acceptors (Lipinski definition) is 3. The summed E-state index contributed by atoms with van der Waals surface area (Å²) in [6.45, 7) is 6.04. The zero-order valence-electron chi connectivity index (χ0n) is 10.8. The van der Waals surface area contributed by atoms with E-state index in [0.717, 1.165) is 18.9 Å². The summed E-state index contributed by atoms with van der Waals surface area (Å²) in [5.74, 6) is 0.721. The van der Waals surface area contributed by atoms with Crippen LogP contribution in [0.15, 0.2) is 24.5 Å². The SMILES string of the molecule is CC(C)CCCOCC(O)CNn1cccc1. The van der Waals surface area contributed by atoms with Crippen molar-refractivity contribution >= 4 is 0 Å². The lowest BCUT2D eigenvalue weighted by molar-refractivity contribution is 0.0398. The number of ether oxygens (including phenoxy) is 1. The second-order valence-electron chi connectivity index (χ2n) is 4.72. The van der Waals surface area contributed by atoms with E-state index in [2.05, 4.69) is 19.3 Å². The Morgan fingerprint density at radius 1 is 1.29 bits per heavy atom. The largest absolute Gasteiger partial charge is 0.389 e. The normalized spacial score (nSPS) is 12.9. The molecule has 0 radical (unpaired) electrons. The van der Waals surface area contributed by atoms with Gasteiger partial charge in [-0.3, -0.25) is 4.68 Å². The van der Waals surface area contributed by atoms with Crippen molar-refractivity contribution < 1.29 is 9.84 Å². The third kappa shape index (κ3) is 7.02. The summed E-state index contributed by atoms with van der Waals surface area (Å²) in [5, 5.41) is 9.66. The monoisotopic (exact) mass is 240 g/mol. The molecular formula is C13H24N2O2. The van der Waals surface area contributed by atoms with Crippen LogP contribution in [0.5, 0.6) is 0 Å². The lowest BCUT2D eigenvalue weighted by atomic mass is 10.1. The number of nitrogens with zero attached hydrogens (tertiary/aromatic N) is 1. The van der Waals surface area contributed by atoms with Crippen LogP contribution < -0.4 is 5.43 Å². The average molecular weight is 240 g/mol. The van der Waals surface area contributed by atoms with E-state index in [0.29, 0.717) is 13.2 Å². The van der Waals surface area contributed by atoms with Crippen molar-refractivity contribution in [3.8, 4) is 0 Å². The minimum absolute atomic E-state index is 0.395. The molecule has 1 unspecified atom stereocenters. The first-order valence-corrected chi connectivity index (χ1v) is 6.31. The summed E-state index contributed by atoms with van der Waals surface area (Å²) >= 11 is 0. The summed E-state index contributed by atoms with van der Waals surface area (Å²) in [4.78, 5) is 0. The summed E-state index contributed by atoms with van der Waals surface area (Å²) in [7, 11) is 0. The van der Waals surface area contributed by atoms with Crippen LogP contribution in [0, 0.1) is 5.92 Å². The Labute approximate surface area is 104 Å². The Balaban J connectivity index is 1.96. The number of aromatic nitrogens is 1. The molecule has 4 nitrogen and oxygen atoms in total. The van der Waals surface area contributed by atoms with Crippen molar-refractivity contribution in [1.82, 2.24) is 4.68 Å². The zero-order valence-corrected chi connectivity index (χ0v) is 10.8. The topological polar surface area (TPSA) is 46.4 Å². The standard InChI is InChI=1S/C13H24N2O2/c1-12(2)6-5-9-17-11-13(16)10-14-15-7-3-4-8-15/h3-4,7-8,12-14,16H,5-6,9-11H2,1-2H3. The molecule has 1 atom stereocenters. The molecule has 0 bridgehead atoms. The third-order valence-corrected chi connectivity index (χ3v) is 2.49. The predicted molar refractivity (Wildman–Crippen MR) is 69.6 cm³/mol. The molecule has 0 fully saturated rings. The van der Waals surface area contributed by atoms with Crippen LogP contribution in [0.2, 0.25) is 0 Å². The first-order valence-electron chi connectivity index (χ1n) is 6.31. The highest BCUT2D eigenvalue weighted by Crippen LogP contribution is 2.03. The molecule has 0 aromatic carbocycles. The number of nitrogens with one attached hydrogen (secondary N) is 1. The van der Waals surface area contributed by atoms with Gasteiger partial charge in [0.05, 0.1) is 19.3 Å². The smallest absolute Gasteiger partial charge is 0.0961 e. The number of rotatable bonds is 9. The Bertz CT molecular complexity index is 273. The molecule has 0 aliphatic carbocycles. The van der Waals surface area contributed by atoms with E-state index >= 15 is 0 Å². The molecule has 0 spiro atoms. The molecule has 1 aromatic rings. The molecule has 4 heteroatoms. The Hall–Kier alpha value is -1.00. The van der Waals surface area contributed by atoms with Gasteiger partial charge in [-0.1, -0.05) is 13.8 Å². The molecule has 2 N–H and O–H groups in total. The maximum Gasteiger partial charge on any atom is 0.0961 e. The summed E-state index contributed by atoms with van der Waals surface area (Å²) < 4.78 is 7.24. The van der Waals surface area contributed by atoms with Crippen LogP contribution in [0.25, 0.3) is 0 Å². The van der Waals surface area contributed by atoms with Crippen LogP contribution in [-0.4, -0.2) is 35.6 Å². The minimum Gasteiger partial charge on any atom is -0.389 e. The van der Waals surface area contributed by atoms with Gasteiger partial charge in [0.25, 0.3) is 0 Å². The van der Waals surface area contributed by atoms with Crippen LogP contribution in [0.4, 0.5) is 0 Å². The quantitative estimate of drug-likeness (QED) is 0.648. The first kappa shape index (κ1) is 14.1. The molecule has 0 saturated heterocycles. The number of aliphatic hydroxyl groups is 1. The highest BCUT2D eigenvalue weighted by atomic mass is 16.5. The van der Waals surface area contributed by atoms with Gasteiger partial charge in [0.1, 0.15) is 0 Å². The van der Waals surface area contributed by atoms with Gasteiger partial charge in [-0.05, 0) is 30.9 Å². The number of hydrogen-bond donors (Lipinski definition) is 2. The second-order valence-corrected chi connectivity index (χ2v) is 4.72. The van der Waals surface area contributed by atoms with Gasteiger partial charge in [0, 0.05) is 19.0 Å². The van der Waals surface area contributed by atoms with Gasteiger partial charge in [-0.2, -0.15) is 0 Å². The van der Waals surface area contributed by atoms with E-state index < -0.39 is 6.10 Å². The van der Waals surface area contributed by atoms with Crippen molar-refractivity contribution in [2.24, 2.45) is 5.92 Å². The molecule has 0 amide bonds. The Morgan fingerprint density at radius 2 is 2.00 bits per heavy atom. The van der Waals surface area contributed by atoms with Gasteiger partial charge < -0.3 is 15.3 Å². The summed E-state index contributed by atoms with van der Waals surface area (Å²) in [6.07, 6.45) is 5.58. The summed E-state index contributed by atoms with van der Waals surface area (Å²) in [6, 6.07) is 3.86. The first-order chi connectivity index (χ1) is 8.18. The van der Waals surface area contributed by atoms with E-state index in [4.69, 9.17) is 4.74 Å². The van der Waals surface area contributed by atoms with Crippen molar-refractivity contribution in [3.63, 3.8) is 0 Å². The Kier molecular flexibility index (Phi) is 6.74. The second kappa shape index (κ2) is 8.14. The predicted octanol–water partition coefficient (Wildman–Crippen LogP) is 1.85. The highest BCUT2D eigenvalue weighted by Gasteiger charge is 2.03. The van der Waals surface area contributed by atoms with E-state index in [1.54, 1.807) is 0 Å². The van der Waals surface area contributed by atoms with Gasteiger partial charge in [-0.25, -0.2) is 0 Å². The van der Waals surface area contributed by atoms with E-state index in [-0.39, 0.29) is 0 Å². The minimum atomic E-state index is -0.462. The lowest BCUT2D eigenvalue weighted by Crippen LogP contribution is -2.29. The molecule has 0 saturated carbocycles.